The van der Waals surface area contributed by atoms with E-state index in [1.54, 1.807) is 12.1 Å². The van der Waals surface area contributed by atoms with Gasteiger partial charge in [0.1, 0.15) is 5.84 Å². The zero-order chi connectivity index (χ0) is 13.0. The van der Waals surface area contributed by atoms with Gasteiger partial charge in [-0.25, -0.2) is 0 Å². The number of amidine groups is 1. The summed E-state index contributed by atoms with van der Waals surface area (Å²) in [5, 5.41) is 14.1. The average Bonchev–Trinajstić information content (AvgIpc) is 2.23. The molecule has 0 unspecified atom stereocenters. The first-order valence-electron chi connectivity index (χ1n) is 4.35. The van der Waals surface area contributed by atoms with Crippen molar-refractivity contribution < 1.29 is 10.0 Å². The number of amides is 1. The Hall–Kier alpha value is -0.980. The van der Waals surface area contributed by atoms with Gasteiger partial charge in [-0.15, -0.1) is 0 Å². The van der Waals surface area contributed by atoms with Crippen LogP contribution in [0, 0.1) is 0 Å². The molecule has 0 spiro atoms. The van der Waals surface area contributed by atoms with Crippen LogP contribution in [0.5, 0.6) is 0 Å². The maximum absolute atomic E-state index is 11.5. The average molecular weight is 341 g/mol. The van der Waals surface area contributed by atoms with E-state index in [-0.39, 0.29) is 28.0 Å². The van der Waals surface area contributed by atoms with E-state index in [1.807, 2.05) is 0 Å². The van der Waals surface area contributed by atoms with Gasteiger partial charge in [-0.3, -0.25) is 4.79 Å². The number of oxime groups is 1. The van der Waals surface area contributed by atoms with Gasteiger partial charge in [0.15, 0.2) is 0 Å². The molecule has 0 aliphatic rings. The molecule has 1 aromatic carbocycles. The molecule has 1 amide bonds. The maximum Gasteiger partial charge on any atom is 0.232 e. The Morgan fingerprint density at radius 2 is 2.00 bits per heavy atom. The number of nitrogens with one attached hydrogen (secondary N) is 1. The number of carbonyl (C=O) groups excluding carboxylic acids is 1. The quantitative estimate of drug-likeness (QED) is 0.342. The summed E-state index contributed by atoms with van der Waals surface area (Å²) in [5.74, 6) is -0.682. The SMILES string of the molecule is N/C(CC(=O)Nc1c(Cl)cc(Br)cc1Cl)=N\O. The van der Waals surface area contributed by atoms with E-state index in [0.717, 1.165) is 0 Å². The predicted octanol–water partition coefficient (Wildman–Crippen LogP) is 2.83. The summed E-state index contributed by atoms with van der Waals surface area (Å²) in [4.78, 5) is 11.5. The van der Waals surface area contributed by atoms with Crippen LogP contribution in [0.15, 0.2) is 21.8 Å². The number of nitrogens with zero attached hydrogens (tertiary/aromatic N) is 1. The number of nitrogens with two attached hydrogens (primary N) is 1. The zero-order valence-electron chi connectivity index (χ0n) is 8.38. The van der Waals surface area contributed by atoms with Crippen molar-refractivity contribution in [3.8, 4) is 0 Å². The zero-order valence-corrected chi connectivity index (χ0v) is 11.5. The molecule has 0 heterocycles. The summed E-state index contributed by atoms with van der Waals surface area (Å²) in [6.07, 6.45) is -0.251. The van der Waals surface area contributed by atoms with Crippen molar-refractivity contribution in [2.45, 2.75) is 6.42 Å². The molecule has 1 aromatic rings. The highest BCUT2D eigenvalue weighted by molar-refractivity contribution is 9.10. The molecule has 0 saturated heterocycles. The Bertz CT molecular complexity index is 456. The monoisotopic (exact) mass is 339 g/mol. The summed E-state index contributed by atoms with van der Waals surface area (Å²) >= 11 is 15.0. The fraction of sp³-hybridized carbons (Fsp3) is 0.111. The third-order valence-electron chi connectivity index (χ3n) is 1.74. The summed E-state index contributed by atoms with van der Waals surface area (Å²) in [5.41, 5.74) is 5.48. The Morgan fingerprint density at radius 1 is 1.47 bits per heavy atom. The lowest BCUT2D eigenvalue weighted by atomic mass is 10.3. The molecule has 17 heavy (non-hydrogen) atoms. The van der Waals surface area contributed by atoms with Crippen LogP contribution in [0.3, 0.4) is 0 Å². The van der Waals surface area contributed by atoms with Crippen LogP contribution >= 0.6 is 39.1 Å². The Morgan fingerprint density at radius 3 is 2.47 bits per heavy atom. The molecule has 0 bridgehead atoms. The molecule has 0 atom stereocenters. The molecule has 4 N–H and O–H groups in total. The number of rotatable bonds is 3. The van der Waals surface area contributed by atoms with E-state index in [2.05, 4.69) is 26.4 Å². The fourth-order valence-electron chi connectivity index (χ4n) is 1.05. The maximum atomic E-state index is 11.5. The standard InChI is InChI=1S/C9H8BrCl2N3O2/c10-4-1-5(11)9(6(12)2-4)14-8(16)3-7(13)15-17/h1-2,17H,3H2,(H2,13,15)(H,14,16). The lowest BCUT2D eigenvalue weighted by molar-refractivity contribution is -0.115. The second-order valence-corrected chi connectivity index (χ2v) is 4.79. The minimum atomic E-state index is -0.480. The number of hydrogen-bond acceptors (Lipinski definition) is 3. The van der Waals surface area contributed by atoms with Crippen molar-refractivity contribution in [2.75, 3.05) is 5.32 Å². The largest absolute Gasteiger partial charge is 0.409 e. The van der Waals surface area contributed by atoms with Gasteiger partial charge in [0.25, 0.3) is 0 Å². The smallest absolute Gasteiger partial charge is 0.232 e. The molecule has 92 valence electrons. The minimum Gasteiger partial charge on any atom is -0.409 e. The lowest BCUT2D eigenvalue weighted by Gasteiger charge is -2.09. The molecule has 0 aliphatic carbocycles. The van der Waals surface area contributed by atoms with Crippen molar-refractivity contribution in [3.05, 3.63) is 26.7 Å². The third-order valence-corrected chi connectivity index (χ3v) is 2.80. The number of anilines is 1. The van der Waals surface area contributed by atoms with Crippen molar-refractivity contribution in [3.63, 3.8) is 0 Å². The summed E-state index contributed by atoms with van der Waals surface area (Å²) in [7, 11) is 0. The highest BCUT2D eigenvalue weighted by Crippen LogP contribution is 2.33. The number of hydrogen-bond donors (Lipinski definition) is 3. The molecule has 0 radical (unpaired) electrons. The summed E-state index contributed by atoms with van der Waals surface area (Å²) in [6.45, 7) is 0. The Kier molecular flexibility index (Phi) is 5.04. The van der Waals surface area contributed by atoms with Crippen LogP contribution in [-0.4, -0.2) is 17.0 Å². The highest BCUT2D eigenvalue weighted by Gasteiger charge is 2.12. The molecular formula is C9H8BrCl2N3O2. The van der Waals surface area contributed by atoms with Crippen LogP contribution < -0.4 is 11.1 Å². The first-order chi connectivity index (χ1) is 7.93. The van der Waals surface area contributed by atoms with E-state index >= 15 is 0 Å². The Balaban J connectivity index is 2.85. The van der Waals surface area contributed by atoms with Crippen molar-refractivity contribution in [1.29, 1.82) is 0 Å². The van der Waals surface area contributed by atoms with E-state index in [9.17, 15) is 4.79 Å². The number of benzene rings is 1. The van der Waals surface area contributed by atoms with Crippen LogP contribution in [0.1, 0.15) is 6.42 Å². The molecule has 0 aromatic heterocycles. The molecule has 1 rings (SSSR count). The number of carbonyl (C=O) groups is 1. The van der Waals surface area contributed by atoms with Crippen LogP contribution in [0.25, 0.3) is 0 Å². The first-order valence-corrected chi connectivity index (χ1v) is 5.89. The van der Waals surface area contributed by atoms with Gasteiger partial charge in [0.05, 0.1) is 22.2 Å². The summed E-state index contributed by atoms with van der Waals surface area (Å²) in [6, 6.07) is 3.18. The van der Waals surface area contributed by atoms with Crippen LogP contribution in [0.2, 0.25) is 10.0 Å². The second-order valence-electron chi connectivity index (χ2n) is 3.06. The highest BCUT2D eigenvalue weighted by atomic mass is 79.9. The molecule has 8 heteroatoms. The molecule has 0 fully saturated rings. The van der Waals surface area contributed by atoms with Gasteiger partial charge in [-0.2, -0.15) is 0 Å². The van der Waals surface area contributed by atoms with Crippen molar-refractivity contribution >= 4 is 56.6 Å². The van der Waals surface area contributed by atoms with E-state index in [4.69, 9.17) is 34.1 Å². The molecule has 0 aliphatic heterocycles. The van der Waals surface area contributed by atoms with Crippen LogP contribution in [-0.2, 0) is 4.79 Å². The topological polar surface area (TPSA) is 87.7 Å². The number of halogens is 3. The molecule has 5 nitrogen and oxygen atoms in total. The van der Waals surface area contributed by atoms with Gasteiger partial charge >= 0.3 is 0 Å². The third kappa shape index (κ3) is 4.07. The van der Waals surface area contributed by atoms with E-state index < -0.39 is 5.91 Å². The minimum absolute atomic E-state index is 0.202. The van der Waals surface area contributed by atoms with Gasteiger partial charge in [-0.1, -0.05) is 44.3 Å². The van der Waals surface area contributed by atoms with Gasteiger partial charge in [0, 0.05) is 4.47 Å². The van der Waals surface area contributed by atoms with Crippen LogP contribution in [0.4, 0.5) is 5.69 Å². The second kappa shape index (κ2) is 6.09. The lowest BCUT2D eigenvalue weighted by Crippen LogP contribution is -2.22. The predicted molar refractivity (Wildman–Crippen MR) is 70.8 cm³/mol. The van der Waals surface area contributed by atoms with E-state index in [1.165, 1.54) is 0 Å². The van der Waals surface area contributed by atoms with Gasteiger partial charge in [0.2, 0.25) is 5.91 Å². The Labute approximate surface area is 116 Å². The summed E-state index contributed by atoms with van der Waals surface area (Å²) < 4.78 is 0.696. The van der Waals surface area contributed by atoms with Gasteiger partial charge < -0.3 is 16.3 Å². The molecular weight excluding hydrogens is 333 g/mol. The van der Waals surface area contributed by atoms with Crippen molar-refractivity contribution in [2.24, 2.45) is 10.9 Å². The van der Waals surface area contributed by atoms with E-state index in [0.29, 0.717) is 4.47 Å². The molecule has 0 saturated carbocycles. The van der Waals surface area contributed by atoms with Crippen molar-refractivity contribution in [1.82, 2.24) is 0 Å². The first kappa shape index (κ1) is 14.1. The van der Waals surface area contributed by atoms with Gasteiger partial charge in [-0.05, 0) is 12.1 Å². The normalized spacial score (nSPS) is 11.4. The fourth-order valence-corrected chi connectivity index (χ4v) is 2.35.